The molecule has 1 aromatic heterocycles. The van der Waals surface area contributed by atoms with Crippen molar-refractivity contribution in [1.82, 2.24) is 9.88 Å². The van der Waals surface area contributed by atoms with E-state index in [4.69, 9.17) is 4.74 Å². The fourth-order valence-electron chi connectivity index (χ4n) is 2.47. The molecule has 0 N–H and O–H groups in total. The number of morpholine rings is 1. The SMILES string of the molecule is CC1CN(C(=O)c2ccc3n[c-]sc3c2)CC(C)O1.[Mn]. The Hall–Kier alpha value is -0.941. The monoisotopic (exact) mass is 330 g/mol. The van der Waals surface area contributed by atoms with Gasteiger partial charge in [0.25, 0.3) is 5.91 Å². The number of carbonyl (C=O) groups is 1. The molecule has 0 aliphatic carbocycles. The minimum atomic E-state index is 0. The Morgan fingerprint density at radius 2 is 2.10 bits per heavy atom. The summed E-state index contributed by atoms with van der Waals surface area (Å²) in [5.41, 5.74) is 4.45. The van der Waals surface area contributed by atoms with Crippen molar-refractivity contribution in [3.05, 3.63) is 29.3 Å². The molecular formula is C14H15MnN2O2S-. The van der Waals surface area contributed by atoms with E-state index in [-0.39, 0.29) is 35.2 Å². The van der Waals surface area contributed by atoms with Gasteiger partial charge in [-0.3, -0.25) is 16.1 Å². The van der Waals surface area contributed by atoms with Crippen LogP contribution in [-0.4, -0.2) is 41.1 Å². The number of thiazole rings is 1. The predicted octanol–water partition coefficient (Wildman–Crippen LogP) is 2.34. The molecule has 1 radical (unpaired) electrons. The van der Waals surface area contributed by atoms with Crippen molar-refractivity contribution in [1.29, 1.82) is 0 Å². The molecule has 2 unspecified atom stereocenters. The van der Waals surface area contributed by atoms with Crippen LogP contribution >= 0.6 is 11.3 Å². The number of rotatable bonds is 1. The van der Waals surface area contributed by atoms with E-state index in [1.54, 1.807) is 0 Å². The van der Waals surface area contributed by atoms with Gasteiger partial charge in [0, 0.05) is 35.7 Å². The van der Waals surface area contributed by atoms with Crippen LogP contribution in [0, 0.1) is 5.51 Å². The van der Waals surface area contributed by atoms with Crippen molar-refractivity contribution in [2.75, 3.05) is 13.1 Å². The number of carbonyl (C=O) groups excluding carboxylic acids is 1. The quantitative estimate of drug-likeness (QED) is 0.595. The third-order valence-electron chi connectivity index (χ3n) is 3.24. The van der Waals surface area contributed by atoms with Gasteiger partial charge in [0.05, 0.1) is 12.2 Å². The molecule has 107 valence electrons. The number of benzene rings is 1. The van der Waals surface area contributed by atoms with Crippen LogP contribution in [0.2, 0.25) is 0 Å². The zero-order valence-electron chi connectivity index (χ0n) is 11.3. The zero-order chi connectivity index (χ0) is 13.4. The molecule has 1 amide bonds. The smallest absolute Gasteiger partial charge is 0.252 e. The van der Waals surface area contributed by atoms with Crippen LogP contribution in [0.4, 0.5) is 0 Å². The minimum Gasteiger partial charge on any atom is -0.386 e. The number of amides is 1. The van der Waals surface area contributed by atoms with Crippen molar-refractivity contribution in [2.45, 2.75) is 26.1 Å². The first kappa shape index (κ1) is 15.4. The molecule has 2 heterocycles. The van der Waals surface area contributed by atoms with Gasteiger partial charge in [-0.15, -0.1) is 6.07 Å². The number of nitrogens with zero attached hydrogens (tertiary/aromatic N) is 2. The molecule has 0 spiro atoms. The van der Waals surface area contributed by atoms with Gasteiger partial charge in [-0.25, -0.2) is 0 Å². The first-order valence-electron chi connectivity index (χ1n) is 6.35. The van der Waals surface area contributed by atoms with Gasteiger partial charge in [0.1, 0.15) is 0 Å². The van der Waals surface area contributed by atoms with Gasteiger partial charge >= 0.3 is 0 Å². The van der Waals surface area contributed by atoms with Crippen LogP contribution in [0.5, 0.6) is 0 Å². The normalized spacial score (nSPS) is 22.6. The first-order valence-corrected chi connectivity index (χ1v) is 7.16. The van der Waals surface area contributed by atoms with Crippen LogP contribution in [0.25, 0.3) is 10.2 Å². The first-order chi connectivity index (χ1) is 9.13. The molecule has 0 bridgehead atoms. The molecule has 1 saturated heterocycles. The molecular weight excluding hydrogens is 315 g/mol. The fourth-order valence-corrected chi connectivity index (χ4v) is 3.12. The zero-order valence-corrected chi connectivity index (χ0v) is 13.3. The van der Waals surface area contributed by atoms with Gasteiger partial charge in [-0.05, 0) is 19.4 Å². The van der Waals surface area contributed by atoms with E-state index >= 15 is 0 Å². The average molecular weight is 330 g/mol. The topological polar surface area (TPSA) is 42.4 Å². The number of fused-ring (bicyclic) bond motifs is 1. The number of aromatic nitrogens is 1. The molecule has 4 nitrogen and oxygen atoms in total. The molecule has 2 aromatic rings. The Bertz CT molecular complexity index is 606. The Balaban J connectivity index is 0.00000147. The molecule has 1 aromatic carbocycles. The van der Waals surface area contributed by atoms with Crippen LogP contribution in [0.3, 0.4) is 0 Å². The molecule has 1 aliphatic heterocycles. The summed E-state index contributed by atoms with van der Waals surface area (Å²) in [6.07, 6.45) is 0.182. The van der Waals surface area contributed by atoms with E-state index in [1.165, 1.54) is 11.3 Å². The molecule has 0 saturated carbocycles. The standard InChI is InChI=1S/C14H15N2O2S.Mn/c1-9-6-16(7-10(2)18-9)14(17)11-3-4-12-13(5-11)19-8-15-12;/h3-5,9-10H,6-7H2,1-2H3;/q-1;. The van der Waals surface area contributed by atoms with Crippen LogP contribution in [0.15, 0.2) is 18.2 Å². The summed E-state index contributed by atoms with van der Waals surface area (Å²) in [4.78, 5) is 18.5. The van der Waals surface area contributed by atoms with Crippen molar-refractivity contribution >= 4 is 27.5 Å². The third-order valence-corrected chi connectivity index (χ3v) is 3.96. The maximum Gasteiger partial charge on any atom is 0.252 e. The summed E-state index contributed by atoms with van der Waals surface area (Å²) in [6, 6.07) is 5.61. The van der Waals surface area contributed by atoms with E-state index in [2.05, 4.69) is 10.5 Å². The summed E-state index contributed by atoms with van der Waals surface area (Å²) >= 11 is 1.44. The second-order valence-corrected chi connectivity index (χ2v) is 5.78. The predicted molar refractivity (Wildman–Crippen MR) is 74.4 cm³/mol. The summed E-state index contributed by atoms with van der Waals surface area (Å²) < 4.78 is 6.65. The van der Waals surface area contributed by atoms with Crippen molar-refractivity contribution in [3.63, 3.8) is 0 Å². The maximum absolute atomic E-state index is 12.5. The second kappa shape index (κ2) is 6.22. The van der Waals surface area contributed by atoms with Crippen molar-refractivity contribution in [3.8, 4) is 0 Å². The molecule has 1 fully saturated rings. The number of hydrogen-bond donors (Lipinski definition) is 0. The number of hydrogen-bond acceptors (Lipinski definition) is 4. The van der Waals surface area contributed by atoms with Gasteiger partial charge in [-0.2, -0.15) is 0 Å². The van der Waals surface area contributed by atoms with Gasteiger partial charge in [-0.1, -0.05) is 22.3 Å². The van der Waals surface area contributed by atoms with E-state index in [1.807, 2.05) is 36.9 Å². The van der Waals surface area contributed by atoms with E-state index in [9.17, 15) is 4.79 Å². The average Bonchev–Trinajstić information content (AvgIpc) is 2.83. The molecule has 1 aliphatic rings. The molecule has 6 heteroatoms. The number of ether oxygens (including phenoxy) is 1. The van der Waals surface area contributed by atoms with E-state index in [0.29, 0.717) is 18.7 Å². The summed E-state index contributed by atoms with van der Waals surface area (Å²) in [5.74, 6) is 0.0669. The van der Waals surface area contributed by atoms with Crippen LogP contribution < -0.4 is 0 Å². The van der Waals surface area contributed by atoms with Gasteiger partial charge in [0.2, 0.25) is 0 Å². The van der Waals surface area contributed by atoms with Crippen LogP contribution in [-0.2, 0) is 21.8 Å². The Kier molecular flexibility index (Phi) is 4.81. The summed E-state index contributed by atoms with van der Waals surface area (Å²) in [6.45, 7) is 5.29. The Morgan fingerprint density at radius 3 is 2.80 bits per heavy atom. The maximum atomic E-state index is 12.5. The van der Waals surface area contributed by atoms with Crippen molar-refractivity contribution < 1.29 is 26.6 Å². The largest absolute Gasteiger partial charge is 0.386 e. The van der Waals surface area contributed by atoms with Crippen molar-refractivity contribution in [2.24, 2.45) is 0 Å². The van der Waals surface area contributed by atoms with Gasteiger partial charge < -0.3 is 14.6 Å². The Labute approximate surface area is 132 Å². The molecule has 3 rings (SSSR count). The van der Waals surface area contributed by atoms with E-state index in [0.717, 1.165) is 10.2 Å². The third kappa shape index (κ3) is 3.04. The summed E-state index contributed by atoms with van der Waals surface area (Å²) in [7, 11) is 0. The second-order valence-electron chi connectivity index (χ2n) is 4.96. The summed E-state index contributed by atoms with van der Waals surface area (Å²) in [5, 5.41) is 0. The minimum absolute atomic E-state index is 0. The molecule has 20 heavy (non-hydrogen) atoms. The van der Waals surface area contributed by atoms with Gasteiger partial charge in [0.15, 0.2) is 0 Å². The van der Waals surface area contributed by atoms with Crippen LogP contribution in [0.1, 0.15) is 24.2 Å². The van der Waals surface area contributed by atoms with E-state index < -0.39 is 0 Å². The molecule has 2 atom stereocenters. The fraction of sp³-hybridized carbons (Fsp3) is 0.429. The Morgan fingerprint density at radius 1 is 1.40 bits per heavy atom.